The summed E-state index contributed by atoms with van der Waals surface area (Å²) >= 11 is 0. The molecule has 0 spiro atoms. The van der Waals surface area contributed by atoms with Gasteiger partial charge in [-0.2, -0.15) is 4.31 Å². The number of likely N-dealkylation sites (N-methyl/N-ethyl adjacent to an activating group) is 1. The zero-order valence-electron chi connectivity index (χ0n) is 23.1. The average molecular weight is 533 g/mol. The number of hydrogen-bond donors (Lipinski definition) is 0. The lowest BCUT2D eigenvalue weighted by Gasteiger charge is -2.20. The van der Waals surface area contributed by atoms with Gasteiger partial charge in [0.25, 0.3) is 0 Å². The molecular formula is C27H40N4O5S. The Morgan fingerprint density at radius 3 is 2.19 bits per heavy atom. The van der Waals surface area contributed by atoms with Crippen molar-refractivity contribution in [1.29, 1.82) is 0 Å². The Bertz CT molecular complexity index is 1170. The Morgan fingerprint density at radius 1 is 0.973 bits per heavy atom. The van der Waals surface area contributed by atoms with Gasteiger partial charge in [-0.3, -0.25) is 14.6 Å². The highest BCUT2D eigenvalue weighted by molar-refractivity contribution is 7.89. The van der Waals surface area contributed by atoms with Gasteiger partial charge in [-0.15, -0.1) is 0 Å². The Hall–Kier alpha value is -2.82. The fourth-order valence-electron chi connectivity index (χ4n) is 4.10. The van der Waals surface area contributed by atoms with Crippen molar-refractivity contribution in [3.8, 4) is 5.75 Å². The van der Waals surface area contributed by atoms with E-state index >= 15 is 0 Å². The number of methoxy groups -OCH3 is 1. The third-order valence-electron chi connectivity index (χ3n) is 6.08. The van der Waals surface area contributed by atoms with Crippen molar-refractivity contribution in [3.63, 3.8) is 0 Å². The van der Waals surface area contributed by atoms with E-state index in [4.69, 9.17) is 4.74 Å². The molecule has 0 saturated carbocycles. The molecule has 0 atom stereocenters. The van der Waals surface area contributed by atoms with Crippen LogP contribution in [0.3, 0.4) is 0 Å². The molecule has 0 N–H and O–H groups in total. The first-order valence-electron chi connectivity index (χ1n) is 12.3. The Morgan fingerprint density at radius 2 is 1.59 bits per heavy atom. The van der Waals surface area contributed by atoms with E-state index in [1.165, 1.54) is 14.2 Å². The minimum Gasteiger partial charge on any atom is -0.497 e. The number of carbonyl (C=O) groups excluding carboxylic acids is 2. The lowest BCUT2D eigenvalue weighted by atomic mass is 10.1. The molecule has 0 aliphatic carbocycles. The van der Waals surface area contributed by atoms with Crippen LogP contribution in [0.4, 0.5) is 0 Å². The van der Waals surface area contributed by atoms with E-state index in [-0.39, 0.29) is 36.0 Å². The molecule has 2 aromatic rings. The molecular weight excluding hydrogens is 492 g/mol. The number of Topliss-reactive ketones (excluding diaryl/α,β-unsaturated/α-hetero) is 1. The maximum atomic E-state index is 13.1. The topological polar surface area (TPSA) is 100 Å². The van der Waals surface area contributed by atoms with Gasteiger partial charge in [-0.25, -0.2) is 8.42 Å². The molecule has 0 unspecified atom stereocenters. The third-order valence-corrected chi connectivity index (χ3v) is 8.19. The normalized spacial score (nSPS) is 11.7. The molecule has 1 heterocycles. The van der Waals surface area contributed by atoms with Crippen molar-refractivity contribution in [3.05, 3.63) is 52.8 Å². The van der Waals surface area contributed by atoms with E-state index in [1.54, 1.807) is 37.9 Å². The summed E-state index contributed by atoms with van der Waals surface area (Å²) in [5, 5.41) is 0. The molecule has 2 rings (SSSR count). The van der Waals surface area contributed by atoms with Crippen molar-refractivity contribution in [2.75, 3.05) is 48.4 Å². The predicted molar refractivity (Wildman–Crippen MR) is 144 cm³/mol. The summed E-state index contributed by atoms with van der Waals surface area (Å²) in [4.78, 5) is 33.7. The van der Waals surface area contributed by atoms with Gasteiger partial charge >= 0.3 is 0 Å². The number of ether oxygens (including phenoxy) is 1. The van der Waals surface area contributed by atoms with Gasteiger partial charge in [0.2, 0.25) is 15.9 Å². The van der Waals surface area contributed by atoms with E-state index in [1.807, 2.05) is 32.3 Å². The summed E-state index contributed by atoms with van der Waals surface area (Å²) in [7, 11) is 4.77. The molecule has 0 fully saturated rings. The van der Waals surface area contributed by atoms with Crippen LogP contribution in [0.25, 0.3) is 0 Å². The van der Waals surface area contributed by atoms with E-state index in [9.17, 15) is 18.0 Å². The molecule has 204 valence electrons. The minimum absolute atomic E-state index is 0.00629. The van der Waals surface area contributed by atoms with Crippen molar-refractivity contribution in [2.24, 2.45) is 0 Å². The lowest BCUT2D eigenvalue weighted by molar-refractivity contribution is -0.132. The standard InChI is InChI=1S/C27H40N4O5S/c1-20-16-25(36-7)17-21(2)27(20)37(34,35)31(6)19-24(32)13-14-26(33)30(5)18-23-11-8-10-22(28-23)12-9-15-29(3)4/h8,10-11,16-17H,9,12-15,18-19H2,1-7H3. The average Bonchev–Trinajstić information content (AvgIpc) is 2.81. The molecule has 9 nitrogen and oxygen atoms in total. The second-order valence-electron chi connectivity index (χ2n) is 9.67. The van der Waals surface area contributed by atoms with E-state index in [2.05, 4.69) is 9.88 Å². The van der Waals surface area contributed by atoms with Gasteiger partial charge < -0.3 is 14.5 Å². The van der Waals surface area contributed by atoms with Crippen LogP contribution in [-0.4, -0.2) is 87.6 Å². The molecule has 1 aromatic carbocycles. The first-order valence-corrected chi connectivity index (χ1v) is 13.8. The largest absolute Gasteiger partial charge is 0.497 e. The molecule has 10 heteroatoms. The molecule has 0 bridgehead atoms. The number of hydrogen-bond acceptors (Lipinski definition) is 7. The van der Waals surface area contributed by atoms with Crippen LogP contribution in [0.1, 0.15) is 41.8 Å². The zero-order chi connectivity index (χ0) is 27.8. The number of nitrogens with zero attached hydrogens (tertiary/aromatic N) is 4. The third kappa shape index (κ3) is 8.91. The molecule has 0 radical (unpaired) electrons. The zero-order valence-corrected chi connectivity index (χ0v) is 23.9. The first kappa shape index (κ1) is 30.4. The van der Waals surface area contributed by atoms with Gasteiger partial charge in [0.1, 0.15) is 11.5 Å². The summed E-state index contributed by atoms with van der Waals surface area (Å²) in [6.07, 6.45) is 1.83. The van der Waals surface area contributed by atoms with Crippen LogP contribution >= 0.6 is 0 Å². The maximum absolute atomic E-state index is 13.1. The number of aryl methyl sites for hydroxylation is 3. The maximum Gasteiger partial charge on any atom is 0.243 e. The lowest BCUT2D eigenvalue weighted by Crippen LogP contribution is -2.34. The van der Waals surface area contributed by atoms with Crippen molar-refractivity contribution in [2.45, 2.75) is 51.0 Å². The van der Waals surface area contributed by atoms with Crippen molar-refractivity contribution >= 4 is 21.7 Å². The van der Waals surface area contributed by atoms with Crippen LogP contribution in [0.2, 0.25) is 0 Å². The predicted octanol–water partition coefficient (Wildman–Crippen LogP) is 2.83. The quantitative estimate of drug-likeness (QED) is 0.369. The van der Waals surface area contributed by atoms with Crippen LogP contribution in [0.15, 0.2) is 35.2 Å². The molecule has 0 aliphatic heterocycles. The van der Waals surface area contributed by atoms with E-state index in [0.717, 1.165) is 35.1 Å². The monoisotopic (exact) mass is 532 g/mol. The number of carbonyl (C=O) groups is 2. The SMILES string of the molecule is COc1cc(C)c(S(=O)(=O)N(C)CC(=O)CCC(=O)N(C)Cc2cccc(CCCN(C)C)n2)c(C)c1. The van der Waals surface area contributed by atoms with Gasteiger partial charge in [-0.05, 0) is 82.7 Å². The summed E-state index contributed by atoms with van der Waals surface area (Å²) < 4.78 is 32.5. The minimum atomic E-state index is -3.88. The number of benzene rings is 1. The fourth-order valence-corrected chi connectivity index (χ4v) is 5.66. The van der Waals surface area contributed by atoms with Gasteiger partial charge in [0.05, 0.1) is 30.8 Å². The summed E-state index contributed by atoms with van der Waals surface area (Å²) in [6, 6.07) is 9.11. The van der Waals surface area contributed by atoms with Crippen molar-refractivity contribution < 1.29 is 22.7 Å². The highest BCUT2D eigenvalue weighted by Gasteiger charge is 2.27. The highest BCUT2D eigenvalue weighted by Crippen LogP contribution is 2.27. The number of pyridine rings is 1. The summed E-state index contributed by atoms with van der Waals surface area (Å²) in [5.41, 5.74) is 2.87. The van der Waals surface area contributed by atoms with Crippen LogP contribution < -0.4 is 4.74 Å². The van der Waals surface area contributed by atoms with E-state index in [0.29, 0.717) is 23.4 Å². The molecule has 0 aliphatic rings. The van der Waals surface area contributed by atoms with Gasteiger partial charge in [0.15, 0.2) is 0 Å². The van der Waals surface area contributed by atoms with Crippen molar-refractivity contribution in [1.82, 2.24) is 19.1 Å². The Balaban J connectivity index is 1.91. The van der Waals surface area contributed by atoms with Gasteiger partial charge in [0, 0.05) is 32.6 Å². The molecule has 0 saturated heterocycles. The van der Waals surface area contributed by atoms with E-state index < -0.39 is 10.0 Å². The van der Waals surface area contributed by atoms with Crippen LogP contribution in [0, 0.1) is 13.8 Å². The molecule has 37 heavy (non-hydrogen) atoms. The number of ketones is 1. The van der Waals surface area contributed by atoms with Crippen LogP contribution in [0.5, 0.6) is 5.75 Å². The number of amides is 1. The number of aromatic nitrogens is 1. The number of sulfonamides is 1. The highest BCUT2D eigenvalue weighted by atomic mass is 32.2. The van der Waals surface area contributed by atoms with Crippen LogP contribution in [-0.2, 0) is 32.6 Å². The second-order valence-corrected chi connectivity index (χ2v) is 11.6. The van der Waals surface area contributed by atoms with Gasteiger partial charge in [-0.1, -0.05) is 6.07 Å². The Kier molecular flexibility index (Phi) is 11.2. The molecule has 1 amide bonds. The fraction of sp³-hybridized carbons (Fsp3) is 0.519. The number of rotatable bonds is 14. The second kappa shape index (κ2) is 13.6. The summed E-state index contributed by atoms with van der Waals surface area (Å²) in [5.74, 6) is 0.0553. The smallest absolute Gasteiger partial charge is 0.243 e. The first-order chi connectivity index (χ1) is 17.3. The molecule has 1 aromatic heterocycles. The summed E-state index contributed by atoms with van der Waals surface area (Å²) in [6.45, 7) is 4.41. The Labute approximate surface area is 221 Å².